The Kier molecular flexibility index (Phi) is 3.35. The number of nitrogen functional groups attached to an aromatic ring is 1. The van der Waals surface area contributed by atoms with Gasteiger partial charge in [-0.05, 0) is 24.1 Å². The van der Waals surface area contributed by atoms with Crippen LogP contribution < -0.4 is 10.5 Å². The minimum Gasteiger partial charge on any atom is -0.493 e. The van der Waals surface area contributed by atoms with Crippen molar-refractivity contribution in [2.75, 3.05) is 12.3 Å². The van der Waals surface area contributed by atoms with Crippen molar-refractivity contribution in [2.45, 2.75) is 13.8 Å². The van der Waals surface area contributed by atoms with Crippen LogP contribution in [-0.2, 0) is 0 Å². The molecular weight excluding hydrogens is 176 g/mol. The van der Waals surface area contributed by atoms with E-state index in [9.17, 15) is 0 Å². The maximum atomic E-state index is 8.73. The maximum Gasteiger partial charge on any atom is 0.120 e. The lowest BCUT2D eigenvalue weighted by atomic mass is 10.2. The van der Waals surface area contributed by atoms with Crippen LogP contribution in [0.1, 0.15) is 19.4 Å². The summed E-state index contributed by atoms with van der Waals surface area (Å²) in [6.07, 6.45) is 0. The van der Waals surface area contributed by atoms with Gasteiger partial charge in [0, 0.05) is 5.69 Å². The predicted octanol–water partition coefficient (Wildman–Crippen LogP) is 2.18. The molecule has 3 nitrogen and oxygen atoms in total. The molecule has 74 valence electrons. The Bertz CT molecular complexity index is 353. The van der Waals surface area contributed by atoms with Gasteiger partial charge in [-0.1, -0.05) is 13.8 Å². The summed E-state index contributed by atoms with van der Waals surface area (Å²) in [6.45, 7) is 4.79. The number of hydrogen-bond donors (Lipinski definition) is 1. The fraction of sp³-hybridized carbons (Fsp3) is 0.364. The number of rotatable bonds is 3. The lowest BCUT2D eigenvalue weighted by molar-refractivity contribution is 0.271. The largest absolute Gasteiger partial charge is 0.493 e. The molecule has 0 atom stereocenters. The lowest BCUT2D eigenvalue weighted by Gasteiger charge is -2.09. The summed E-state index contributed by atoms with van der Waals surface area (Å²) in [5.41, 5.74) is 6.53. The van der Waals surface area contributed by atoms with E-state index in [0.29, 0.717) is 29.5 Å². The first-order chi connectivity index (χ1) is 6.63. The lowest BCUT2D eigenvalue weighted by Crippen LogP contribution is -2.04. The van der Waals surface area contributed by atoms with Gasteiger partial charge in [0.2, 0.25) is 0 Å². The third-order valence-corrected chi connectivity index (χ3v) is 1.73. The van der Waals surface area contributed by atoms with Gasteiger partial charge in [-0.25, -0.2) is 0 Å². The van der Waals surface area contributed by atoms with Crippen LogP contribution in [0.15, 0.2) is 18.2 Å². The van der Waals surface area contributed by atoms with Crippen LogP contribution in [0.25, 0.3) is 0 Å². The Morgan fingerprint density at radius 3 is 2.79 bits per heavy atom. The first-order valence-corrected chi connectivity index (χ1v) is 4.56. The number of hydrogen-bond acceptors (Lipinski definition) is 3. The molecule has 1 rings (SSSR count). The Morgan fingerprint density at radius 1 is 1.50 bits per heavy atom. The monoisotopic (exact) mass is 190 g/mol. The van der Waals surface area contributed by atoms with Gasteiger partial charge in [-0.3, -0.25) is 0 Å². The quantitative estimate of drug-likeness (QED) is 0.743. The van der Waals surface area contributed by atoms with E-state index in [2.05, 4.69) is 13.8 Å². The zero-order valence-electron chi connectivity index (χ0n) is 8.45. The Labute approximate surface area is 84.1 Å². The summed E-state index contributed by atoms with van der Waals surface area (Å²) >= 11 is 0. The van der Waals surface area contributed by atoms with Crippen molar-refractivity contribution in [3.05, 3.63) is 23.8 Å². The van der Waals surface area contributed by atoms with Crippen LogP contribution >= 0.6 is 0 Å². The summed E-state index contributed by atoms with van der Waals surface area (Å²) in [5, 5.41) is 8.73. The average molecular weight is 190 g/mol. The molecule has 0 aliphatic heterocycles. The first-order valence-electron chi connectivity index (χ1n) is 4.56. The highest BCUT2D eigenvalue weighted by atomic mass is 16.5. The molecule has 0 spiro atoms. The predicted molar refractivity (Wildman–Crippen MR) is 55.9 cm³/mol. The molecule has 0 unspecified atom stereocenters. The molecular formula is C11H14N2O. The molecule has 0 bridgehead atoms. The van der Waals surface area contributed by atoms with Gasteiger partial charge in [0.05, 0.1) is 12.2 Å². The van der Waals surface area contributed by atoms with Crippen molar-refractivity contribution < 1.29 is 4.74 Å². The zero-order chi connectivity index (χ0) is 10.6. The highest BCUT2D eigenvalue weighted by Gasteiger charge is 2.01. The summed E-state index contributed by atoms with van der Waals surface area (Å²) in [4.78, 5) is 0. The van der Waals surface area contributed by atoms with E-state index in [1.807, 2.05) is 6.07 Å². The van der Waals surface area contributed by atoms with E-state index in [-0.39, 0.29) is 0 Å². The number of anilines is 1. The summed E-state index contributed by atoms with van der Waals surface area (Å²) in [6, 6.07) is 7.15. The second-order valence-corrected chi connectivity index (χ2v) is 3.57. The van der Waals surface area contributed by atoms with Crippen LogP contribution in [0.5, 0.6) is 5.75 Å². The van der Waals surface area contributed by atoms with E-state index < -0.39 is 0 Å². The summed E-state index contributed by atoms with van der Waals surface area (Å²) < 4.78 is 5.46. The van der Waals surface area contributed by atoms with Gasteiger partial charge in [-0.2, -0.15) is 5.26 Å². The van der Waals surface area contributed by atoms with E-state index in [4.69, 9.17) is 15.7 Å². The molecule has 0 aromatic heterocycles. The standard InChI is InChI=1S/C11H14N2O/c1-8(2)7-14-10-3-4-11(13)9(5-10)6-12/h3-5,8H,7,13H2,1-2H3. The highest BCUT2D eigenvalue weighted by molar-refractivity contribution is 5.56. The molecule has 0 saturated carbocycles. The van der Waals surface area contributed by atoms with Crippen LogP contribution in [0.4, 0.5) is 5.69 Å². The third-order valence-electron chi connectivity index (χ3n) is 1.73. The normalized spacial score (nSPS) is 9.86. The van der Waals surface area contributed by atoms with Crippen molar-refractivity contribution in [1.82, 2.24) is 0 Å². The van der Waals surface area contributed by atoms with Crippen molar-refractivity contribution in [3.8, 4) is 11.8 Å². The van der Waals surface area contributed by atoms with Gasteiger partial charge in [-0.15, -0.1) is 0 Å². The molecule has 3 heteroatoms. The van der Waals surface area contributed by atoms with Crippen LogP contribution in [-0.4, -0.2) is 6.61 Å². The molecule has 0 aliphatic rings. The Balaban J connectivity index is 2.76. The van der Waals surface area contributed by atoms with Gasteiger partial charge < -0.3 is 10.5 Å². The van der Waals surface area contributed by atoms with E-state index >= 15 is 0 Å². The molecule has 0 amide bonds. The van der Waals surface area contributed by atoms with Crippen molar-refractivity contribution in [1.29, 1.82) is 5.26 Å². The second kappa shape index (κ2) is 4.52. The molecule has 0 heterocycles. The summed E-state index contributed by atoms with van der Waals surface area (Å²) in [7, 11) is 0. The molecule has 1 aromatic carbocycles. The van der Waals surface area contributed by atoms with E-state index in [1.54, 1.807) is 18.2 Å². The van der Waals surface area contributed by atoms with E-state index in [0.717, 1.165) is 0 Å². The number of nitrogens with two attached hydrogens (primary N) is 1. The molecule has 1 aromatic rings. The van der Waals surface area contributed by atoms with Gasteiger partial charge in [0.25, 0.3) is 0 Å². The van der Waals surface area contributed by atoms with Crippen molar-refractivity contribution >= 4 is 5.69 Å². The molecule has 14 heavy (non-hydrogen) atoms. The third kappa shape index (κ3) is 2.67. The highest BCUT2D eigenvalue weighted by Crippen LogP contribution is 2.19. The molecule has 0 saturated heterocycles. The number of nitriles is 1. The number of nitrogens with zero attached hydrogens (tertiary/aromatic N) is 1. The molecule has 0 aliphatic carbocycles. The fourth-order valence-corrected chi connectivity index (χ4v) is 0.985. The topological polar surface area (TPSA) is 59.0 Å². The Hall–Kier alpha value is -1.69. The smallest absolute Gasteiger partial charge is 0.120 e. The van der Waals surface area contributed by atoms with Crippen LogP contribution in [0.2, 0.25) is 0 Å². The zero-order valence-corrected chi connectivity index (χ0v) is 8.45. The summed E-state index contributed by atoms with van der Waals surface area (Å²) in [5.74, 6) is 1.17. The van der Waals surface area contributed by atoms with Crippen molar-refractivity contribution in [3.63, 3.8) is 0 Å². The minimum atomic E-state index is 0.464. The van der Waals surface area contributed by atoms with Crippen molar-refractivity contribution in [2.24, 2.45) is 5.92 Å². The Morgan fingerprint density at radius 2 is 2.21 bits per heavy atom. The molecule has 2 N–H and O–H groups in total. The van der Waals surface area contributed by atoms with Gasteiger partial charge in [0.15, 0.2) is 0 Å². The molecule has 0 radical (unpaired) electrons. The van der Waals surface area contributed by atoms with Gasteiger partial charge in [0.1, 0.15) is 11.8 Å². The van der Waals surface area contributed by atoms with E-state index in [1.165, 1.54) is 0 Å². The SMILES string of the molecule is CC(C)COc1ccc(N)c(C#N)c1. The number of benzene rings is 1. The second-order valence-electron chi connectivity index (χ2n) is 3.57. The fourth-order valence-electron chi connectivity index (χ4n) is 0.985. The average Bonchev–Trinajstić information content (AvgIpc) is 2.16. The first kappa shape index (κ1) is 10.4. The minimum absolute atomic E-state index is 0.464. The molecule has 0 fully saturated rings. The van der Waals surface area contributed by atoms with Crippen LogP contribution in [0.3, 0.4) is 0 Å². The maximum absolute atomic E-state index is 8.73. The number of ether oxygens (including phenoxy) is 1. The van der Waals surface area contributed by atoms with Gasteiger partial charge >= 0.3 is 0 Å². The van der Waals surface area contributed by atoms with Crippen LogP contribution in [0, 0.1) is 17.2 Å².